The van der Waals surface area contributed by atoms with E-state index in [1.807, 2.05) is 30.9 Å². The van der Waals surface area contributed by atoms with Crippen LogP contribution in [0, 0.1) is 6.92 Å². The molecule has 0 unspecified atom stereocenters. The van der Waals surface area contributed by atoms with Gasteiger partial charge in [-0.1, -0.05) is 12.8 Å². The third-order valence-electron chi connectivity index (χ3n) is 3.31. The van der Waals surface area contributed by atoms with E-state index < -0.39 is 0 Å². The Balaban J connectivity index is 1.95. The van der Waals surface area contributed by atoms with Crippen molar-refractivity contribution in [1.29, 1.82) is 0 Å². The third-order valence-corrected chi connectivity index (χ3v) is 4.73. The van der Waals surface area contributed by atoms with Crippen LogP contribution in [0.2, 0.25) is 0 Å². The molecule has 2 rings (SSSR count). The highest BCUT2D eigenvalue weighted by molar-refractivity contribution is 8.00. The zero-order valence-corrected chi connectivity index (χ0v) is 10.8. The summed E-state index contributed by atoms with van der Waals surface area (Å²) in [6.07, 6.45) is 9.36. The van der Waals surface area contributed by atoms with Gasteiger partial charge in [0.2, 0.25) is 5.95 Å². The molecule has 1 fully saturated rings. The zero-order valence-electron chi connectivity index (χ0n) is 9.99. The molecule has 0 amide bonds. The van der Waals surface area contributed by atoms with Gasteiger partial charge < -0.3 is 5.32 Å². The van der Waals surface area contributed by atoms with Crippen LogP contribution in [0.5, 0.6) is 0 Å². The van der Waals surface area contributed by atoms with Gasteiger partial charge in [-0.3, -0.25) is 0 Å². The second-order valence-corrected chi connectivity index (χ2v) is 5.74. The minimum atomic E-state index is 0.410. The number of anilines is 1. The van der Waals surface area contributed by atoms with Gasteiger partial charge in [-0.25, -0.2) is 9.97 Å². The van der Waals surface area contributed by atoms with Crippen molar-refractivity contribution in [2.45, 2.75) is 37.4 Å². The van der Waals surface area contributed by atoms with E-state index in [4.69, 9.17) is 0 Å². The first-order valence-electron chi connectivity index (χ1n) is 5.83. The number of hydrogen-bond donors (Lipinski definition) is 1. The summed E-state index contributed by atoms with van der Waals surface area (Å²) in [5.41, 5.74) is 1.02. The maximum absolute atomic E-state index is 4.37. The standard InChI is InChI=1S/C12H19N3S/c1-10-5-8-13-11(15-10)14-9-12(16-2)6-3-4-7-12/h5,8H,3-4,6-7,9H2,1-2H3,(H,13,14,15). The van der Waals surface area contributed by atoms with E-state index in [9.17, 15) is 0 Å². The molecule has 1 aromatic rings. The van der Waals surface area contributed by atoms with Crippen LogP contribution in [0.25, 0.3) is 0 Å². The van der Waals surface area contributed by atoms with Crippen LogP contribution in [0.1, 0.15) is 31.4 Å². The molecule has 1 aliphatic rings. The highest BCUT2D eigenvalue weighted by Gasteiger charge is 2.32. The van der Waals surface area contributed by atoms with E-state index in [0.29, 0.717) is 4.75 Å². The van der Waals surface area contributed by atoms with Crippen LogP contribution in [0.4, 0.5) is 5.95 Å². The summed E-state index contributed by atoms with van der Waals surface area (Å²) in [4.78, 5) is 8.60. The van der Waals surface area contributed by atoms with Crippen LogP contribution in [-0.2, 0) is 0 Å². The summed E-state index contributed by atoms with van der Waals surface area (Å²) < 4.78 is 0.410. The molecule has 0 saturated heterocycles. The first kappa shape index (κ1) is 11.7. The van der Waals surface area contributed by atoms with Crippen molar-refractivity contribution in [3.63, 3.8) is 0 Å². The average molecular weight is 237 g/mol. The van der Waals surface area contributed by atoms with E-state index in [-0.39, 0.29) is 0 Å². The second kappa shape index (κ2) is 5.04. The fourth-order valence-corrected chi connectivity index (χ4v) is 3.16. The summed E-state index contributed by atoms with van der Waals surface area (Å²) >= 11 is 1.99. The fourth-order valence-electron chi connectivity index (χ4n) is 2.25. The minimum Gasteiger partial charge on any atom is -0.353 e. The molecule has 1 aliphatic carbocycles. The molecule has 0 aromatic carbocycles. The highest BCUT2D eigenvalue weighted by Crippen LogP contribution is 2.40. The molecule has 1 saturated carbocycles. The Bertz CT molecular complexity index is 348. The minimum absolute atomic E-state index is 0.410. The van der Waals surface area contributed by atoms with Gasteiger partial charge in [-0.15, -0.1) is 0 Å². The van der Waals surface area contributed by atoms with E-state index in [1.54, 1.807) is 0 Å². The van der Waals surface area contributed by atoms with Crippen LogP contribution < -0.4 is 5.32 Å². The Labute approximate surface area is 101 Å². The second-order valence-electron chi connectivity index (χ2n) is 4.47. The van der Waals surface area contributed by atoms with Crippen molar-refractivity contribution in [3.05, 3.63) is 18.0 Å². The van der Waals surface area contributed by atoms with Crippen molar-refractivity contribution in [1.82, 2.24) is 9.97 Å². The lowest BCUT2D eigenvalue weighted by molar-refractivity contribution is 0.637. The van der Waals surface area contributed by atoms with Gasteiger partial charge in [0, 0.05) is 23.2 Å². The van der Waals surface area contributed by atoms with E-state index in [1.165, 1.54) is 25.7 Å². The topological polar surface area (TPSA) is 37.8 Å². The van der Waals surface area contributed by atoms with Crippen molar-refractivity contribution in [3.8, 4) is 0 Å². The molecule has 0 spiro atoms. The number of nitrogens with one attached hydrogen (secondary N) is 1. The van der Waals surface area contributed by atoms with Crippen molar-refractivity contribution < 1.29 is 0 Å². The molecule has 88 valence electrons. The van der Waals surface area contributed by atoms with Crippen LogP contribution in [-0.4, -0.2) is 27.5 Å². The Morgan fingerprint density at radius 1 is 1.44 bits per heavy atom. The number of hydrogen-bond acceptors (Lipinski definition) is 4. The Hall–Kier alpha value is -0.770. The maximum atomic E-state index is 4.37. The lowest BCUT2D eigenvalue weighted by Crippen LogP contribution is -2.30. The molecule has 1 N–H and O–H groups in total. The molecule has 0 aliphatic heterocycles. The summed E-state index contributed by atoms with van der Waals surface area (Å²) in [6, 6.07) is 1.92. The van der Waals surface area contributed by atoms with Gasteiger partial charge in [0.05, 0.1) is 0 Å². The maximum Gasteiger partial charge on any atom is 0.222 e. The molecular weight excluding hydrogens is 218 g/mol. The van der Waals surface area contributed by atoms with Crippen LogP contribution in [0.3, 0.4) is 0 Å². The first-order valence-corrected chi connectivity index (χ1v) is 7.05. The highest BCUT2D eigenvalue weighted by atomic mass is 32.2. The number of nitrogens with zero attached hydrogens (tertiary/aromatic N) is 2. The Kier molecular flexibility index (Phi) is 3.69. The van der Waals surface area contributed by atoms with Crippen molar-refractivity contribution >= 4 is 17.7 Å². The SMILES string of the molecule is CSC1(CNc2nccc(C)n2)CCCC1. The number of rotatable bonds is 4. The molecule has 0 radical (unpaired) electrons. The fraction of sp³-hybridized carbons (Fsp3) is 0.667. The van der Waals surface area contributed by atoms with E-state index in [0.717, 1.165) is 18.2 Å². The predicted molar refractivity (Wildman–Crippen MR) is 70.0 cm³/mol. The van der Waals surface area contributed by atoms with Crippen molar-refractivity contribution in [2.75, 3.05) is 18.1 Å². The molecule has 16 heavy (non-hydrogen) atoms. The third kappa shape index (κ3) is 2.67. The van der Waals surface area contributed by atoms with Gasteiger partial charge in [0.25, 0.3) is 0 Å². The van der Waals surface area contributed by atoms with Gasteiger partial charge in [0.1, 0.15) is 0 Å². The van der Waals surface area contributed by atoms with Crippen LogP contribution >= 0.6 is 11.8 Å². The molecule has 0 atom stereocenters. The zero-order chi connectivity index (χ0) is 11.4. The van der Waals surface area contributed by atoms with Crippen LogP contribution in [0.15, 0.2) is 12.3 Å². The number of aryl methyl sites for hydroxylation is 1. The lowest BCUT2D eigenvalue weighted by Gasteiger charge is -2.26. The molecule has 4 heteroatoms. The summed E-state index contributed by atoms with van der Waals surface area (Å²) in [5.74, 6) is 0.764. The Morgan fingerprint density at radius 2 is 2.19 bits per heavy atom. The number of aromatic nitrogens is 2. The molecule has 3 nitrogen and oxygen atoms in total. The lowest BCUT2D eigenvalue weighted by atomic mass is 10.1. The summed E-state index contributed by atoms with van der Waals surface area (Å²) in [7, 11) is 0. The van der Waals surface area contributed by atoms with E-state index >= 15 is 0 Å². The van der Waals surface area contributed by atoms with Gasteiger partial charge in [0.15, 0.2) is 0 Å². The first-order chi connectivity index (χ1) is 7.74. The average Bonchev–Trinajstić information content (AvgIpc) is 2.76. The molecule has 1 aromatic heterocycles. The number of thioether (sulfide) groups is 1. The van der Waals surface area contributed by atoms with Gasteiger partial charge in [-0.05, 0) is 32.1 Å². The van der Waals surface area contributed by atoms with Gasteiger partial charge in [-0.2, -0.15) is 11.8 Å². The molecular formula is C12H19N3S. The normalized spacial score (nSPS) is 18.6. The monoisotopic (exact) mass is 237 g/mol. The predicted octanol–water partition coefficient (Wildman–Crippen LogP) is 2.87. The smallest absolute Gasteiger partial charge is 0.222 e. The van der Waals surface area contributed by atoms with E-state index in [2.05, 4.69) is 21.5 Å². The quantitative estimate of drug-likeness (QED) is 0.874. The molecule has 0 bridgehead atoms. The van der Waals surface area contributed by atoms with Gasteiger partial charge >= 0.3 is 0 Å². The Morgan fingerprint density at radius 3 is 2.81 bits per heavy atom. The summed E-state index contributed by atoms with van der Waals surface area (Å²) in [6.45, 7) is 2.98. The largest absolute Gasteiger partial charge is 0.353 e. The summed E-state index contributed by atoms with van der Waals surface area (Å²) in [5, 5.41) is 3.38. The molecule has 1 heterocycles. The van der Waals surface area contributed by atoms with Crippen molar-refractivity contribution in [2.24, 2.45) is 0 Å².